The lowest BCUT2D eigenvalue weighted by molar-refractivity contribution is 0.428. The zero-order chi connectivity index (χ0) is 11.1. The van der Waals surface area contributed by atoms with Crippen molar-refractivity contribution in [1.82, 2.24) is 20.4 Å². The fraction of sp³-hybridized carbons (Fsp3) is 0.818. The predicted octanol–water partition coefficient (Wildman–Crippen LogP) is 0.756. The molecule has 3 N–H and O–H groups in total. The van der Waals surface area contributed by atoms with Gasteiger partial charge in [0.1, 0.15) is 0 Å². The number of aromatic nitrogens is 3. The first kappa shape index (κ1) is 10.2. The average Bonchev–Trinajstić information content (AvgIpc) is 2.87. The fourth-order valence-corrected chi connectivity index (χ4v) is 3.52. The Morgan fingerprint density at radius 1 is 1.44 bits per heavy atom. The number of hydrogen-bond acceptors (Lipinski definition) is 4. The zero-order valence-electron chi connectivity index (χ0n) is 9.63. The molecule has 0 saturated heterocycles. The third-order valence-corrected chi connectivity index (χ3v) is 4.36. The number of aryl methyl sites for hydroxylation is 1. The summed E-state index contributed by atoms with van der Waals surface area (Å²) in [6.07, 6.45) is 7.35. The van der Waals surface area contributed by atoms with E-state index in [1.54, 1.807) is 0 Å². The number of hydrazine groups is 1. The van der Waals surface area contributed by atoms with Crippen LogP contribution in [0, 0.1) is 17.8 Å². The second-order valence-electron chi connectivity index (χ2n) is 5.12. The van der Waals surface area contributed by atoms with Crippen molar-refractivity contribution in [2.45, 2.75) is 31.7 Å². The van der Waals surface area contributed by atoms with Crippen molar-refractivity contribution < 1.29 is 0 Å². The van der Waals surface area contributed by atoms with Crippen LogP contribution in [0.5, 0.6) is 0 Å². The molecule has 0 amide bonds. The van der Waals surface area contributed by atoms with Gasteiger partial charge in [0.15, 0.2) is 0 Å². The number of nitrogens with two attached hydrogens (primary N) is 1. The van der Waals surface area contributed by atoms with Crippen LogP contribution in [0.3, 0.4) is 0 Å². The molecule has 2 saturated carbocycles. The van der Waals surface area contributed by atoms with Crippen molar-refractivity contribution in [3.63, 3.8) is 0 Å². The molecule has 5 heteroatoms. The molecule has 0 radical (unpaired) electrons. The van der Waals surface area contributed by atoms with Gasteiger partial charge in [-0.2, -0.15) is 0 Å². The Morgan fingerprint density at radius 3 is 2.62 bits per heavy atom. The van der Waals surface area contributed by atoms with Gasteiger partial charge in [-0.3, -0.25) is 16.0 Å². The number of hydrogen-bond donors (Lipinski definition) is 2. The molecule has 5 nitrogen and oxygen atoms in total. The molecule has 1 aromatic heterocycles. The minimum absolute atomic E-state index is 0.230. The topological polar surface area (TPSA) is 68.8 Å². The molecule has 2 aliphatic rings. The predicted molar refractivity (Wildman–Crippen MR) is 60.0 cm³/mol. The zero-order valence-corrected chi connectivity index (χ0v) is 9.63. The van der Waals surface area contributed by atoms with E-state index in [4.69, 9.17) is 5.84 Å². The normalized spacial score (nSPS) is 34.5. The summed E-state index contributed by atoms with van der Waals surface area (Å²) in [7, 11) is 1.93. The highest BCUT2D eigenvalue weighted by Crippen LogP contribution is 2.60. The highest BCUT2D eigenvalue weighted by molar-refractivity contribution is 5.13. The van der Waals surface area contributed by atoms with Crippen molar-refractivity contribution in [3.05, 3.63) is 11.9 Å². The quantitative estimate of drug-likeness (QED) is 0.584. The Balaban J connectivity index is 1.80. The number of nitrogens with zero attached hydrogens (tertiary/aromatic N) is 3. The third-order valence-electron chi connectivity index (χ3n) is 4.36. The molecule has 3 atom stereocenters. The molecule has 2 aliphatic carbocycles. The number of fused-ring (bicyclic) bond motifs is 1. The molecular formula is C11H19N5. The van der Waals surface area contributed by atoms with Crippen LogP contribution >= 0.6 is 0 Å². The Hall–Kier alpha value is -0.940. The van der Waals surface area contributed by atoms with Crippen LogP contribution in [-0.4, -0.2) is 15.0 Å². The van der Waals surface area contributed by atoms with Gasteiger partial charge in [-0.1, -0.05) is 18.1 Å². The summed E-state index contributed by atoms with van der Waals surface area (Å²) in [6.45, 7) is 0. The van der Waals surface area contributed by atoms with Gasteiger partial charge in [-0.15, -0.1) is 5.10 Å². The van der Waals surface area contributed by atoms with Gasteiger partial charge < -0.3 is 0 Å². The summed E-state index contributed by atoms with van der Waals surface area (Å²) < 4.78 is 1.83. The van der Waals surface area contributed by atoms with E-state index >= 15 is 0 Å². The smallest absolute Gasteiger partial charge is 0.0769 e. The summed E-state index contributed by atoms with van der Waals surface area (Å²) in [5.74, 6) is 8.17. The van der Waals surface area contributed by atoms with Gasteiger partial charge in [0.25, 0.3) is 0 Å². The van der Waals surface area contributed by atoms with E-state index < -0.39 is 0 Å². The van der Waals surface area contributed by atoms with Gasteiger partial charge in [0.05, 0.1) is 17.9 Å². The molecule has 1 aromatic rings. The highest BCUT2D eigenvalue weighted by atomic mass is 15.4. The van der Waals surface area contributed by atoms with Gasteiger partial charge in [0, 0.05) is 7.05 Å². The number of nitrogens with one attached hydrogen (secondary N) is 1. The van der Waals surface area contributed by atoms with E-state index in [2.05, 4.69) is 15.7 Å². The fourth-order valence-electron chi connectivity index (χ4n) is 3.52. The molecule has 16 heavy (non-hydrogen) atoms. The Labute approximate surface area is 95.4 Å². The molecular weight excluding hydrogens is 202 g/mol. The third kappa shape index (κ3) is 1.46. The first-order valence-electron chi connectivity index (χ1n) is 6.13. The summed E-state index contributed by atoms with van der Waals surface area (Å²) in [5.41, 5.74) is 4.08. The molecule has 0 bridgehead atoms. The Morgan fingerprint density at radius 2 is 2.12 bits per heavy atom. The van der Waals surface area contributed by atoms with Crippen LogP contribution in [0.4, 0.5) is 0 Å². The van der Waals surface area contributed by atoms with E-state index in [1.165, 1.54) is 25.7 Å². The van der Waals surface area contributed by atoms with E-state index in [9.17, 15) is 0 Å². The number of rotatable bonds is 3. The molecule has 0 aromatic carbocycles. The lowest BCUT2D eigenvalue weighted by atomic mass is 10.0. The first-order valence-corrected chi connectivity index (χ1v) is 6.13. The monoisotopic (exact) mass is 221 g/mol. The Bertz CT molecular complexity index is 362. The van der Waals surface area contributed by atoms with Gasteiger partial charge in [-0.25, -0.2) is 0 Å². The maximum atomic E-state index is 5.71. The van der Waals surface area contributed by atoms with Crippen LogP contribution in [0.2, 0.25) is 0 Å². The first-order chi connectivity index (χ1) is 7.83. The largest absolute Gasteiger partial charge is 0.271 e. The van der Waals surface area contributed by atoms with Crippen molar-refractivity contribution in [2.24, 2.45) is 30.6 Å². The molecule has 0 aliphatic heterocycles. The maximum absolute atomic E-state index is 5.71. The average molecular weight is 221 g/mol. The van der Waals surface area contributed by atoms with Crippen LogP contribution < -0.4 is 11.3 Å². The van der Waals surface area contributed by atoms with Crippen LogP contribution in [-0.2, 0) is 7.05 Å². The minimum Gasteiger partial charge on any atom is -0.271 e. The van der Waals surface area contributed by atoms with Crippen molar-refractivity contribution in [1.29, 1.82) is 0 Å². The van der Waals surface area contributed by atoms with E-state index in [0.717, 1.165) is 17.5 Å². The van der Waals surface area contributed by atoms with Gasteiger partial charge in [0.2, 0.25) is 0 Å². The van der Waals surface area contributed by atoms with Gasteiger partial charge >= 0.3 is 0 Å². The minimum atomic E-state index is 0.230. The molecule has 1 heterocycles. The Kier molecular flexibility index (Phi) is 2.44. The van der Waals surface area contributed by atoms with Gasteiger partial charge in [-0.05, 0) is 30.6 Å². The van der Waals surface area contributed by atoms with Crippen LogP contribution in [0.25, 0.3) is 0 Å². The van der Waals surface area contributed by atoms with Crippen molar-refractivity contribution in [2.75, 3.05) is 0 Å². The van der Waals surface area contributed by atoms with E-state index in [0.29, 0.717) is 5.92 Å². The van der Waals surface area contributed by atoms with Crippen molar-refractivity contribution in [3.8, 4) is 0 Å². The molecule has 2 fully saturated rings. The lowest BCUT2D eigenvalue weighted by Gasteiger charge is -2.15. The van der Waals surface area contributed by atoms with Crippen LogP contribution in [0.15, 0.2) is 6.20 Å². The maximum Gasteiger partial charge on any atom is 0.0769 e. The lowest BCUT2D eigenvalue weighted by Crippen LogP contribution is -2.31. The summed E-state index contributed by atoms with van der Waals surface area (Å²) in [6, 6.07) is 0.230. The van der Waals surface area contributed by atoms with E-state index in [1.807, 2.05) is 17.9 Å². The van der Waals surface area contributed by atoms with Crippen LogP contribution in [0.1, 0.15) is 37.4 Å². The second kappa shape index (κ2) is 3.82. The molecule has 3 rings (SSSR count). The standard InChI is InChI=1S/C11H19N5/c1-16-9(6-13-15-16)11(14-12)10-7-4-2-3-5-8(7)10/h6-8,10-11,14H,2-5,12H2,1H3. The summed E-state index contributed by atoms with van der Waals surface area (Å²) in [5, 5.41) is 7.92. The SMILES string of the molecule is Cn1nncc1C(NN)C1C2CCCCC21. The summed E-state index contributed by atoms with van der Waals surface area (Å²) >= 11 is 0. The highest BCUT2D eigenvalue weighted by Gasteiger charge is 2.54. The molecule has 88 valence electrons. The molecule has 0 spiro atoms. The second-order valence-corrected chi connectivity index (χ2v) is 5.12. The van der Waals surface area contributed by atoms with E-state index in [-0.39, 0.29) is 6.04 Å². The summed E-state index contributed by atoms with van der Waals surface area (Å²) in [4.78, 5) is 0. The molecule has 3 unspecified atom stereocenters. The van der Waals surface area contributed by atoms with Crippen molar-refractivity contribution >= 4 is 0 Å².